The average molecular weight is 274 g/mol. The number of nitrogens with one attached hydrogen (secondary N) is 1. The summed E-state index contributed by atoms with van der Waals surface area (Å²) in [5.74, 6) is 0.581. The van der Waals surface area contributed by atoms with Crippen LogP contribution in [0.15, 0.2) is 36.5 Å². The number of nitrogens with zero attached hydrogens (tertiary/aromatic N) is 3. The van der Waals surface area contributed by atoms with Crippen molar-refractivity contribution >= 4 is 11.6 Å². The van der Waals surface area contributed by atoms with Gasteiger partial charge in [0.25, 0.3) is 0 Å². The van der Waals surface area contributed by atoms with Crippen LogP contribution in [-0.2, 0) is 6.61 Å². The largest absolute Gasteiger partial charge is 0.479 e. The van der Waals surface area contributed by atoms with Crippen LogP contribution in [0.25, 0.3) is 0 Å². The van der Waals surface area contributed by atoms with Crippen molar-refractivity contribution in [1.82, 2.24) is 9.97 Å². The molecule has 0 radical (unpaired) electrons. The van der Waals surface area contributed by atoms with Crippen molar-refractivity contribution < 1.29 is 9.66 Å². The predicted molar refractivity (Wildman–Crippen MR) is 73.6 cm³/mol. The molecule has 0 aliphatic carbocycles. The van der Waals surface area contributed by atoms with Crippen LogP contribution in [0.2, 0.25) is 0 Å². The number of nitro groups is 1. The molecule has 2 rings (SSSR count). The van der Waals surface area contributed by atoms with Gasteiger partial charge in [0.15, 0.2) is 0 Å². The number of hydrogen-bond acceptors (Lipinski definition) is 6. The zero-order valence-corrected chi connectivity index (χ0v) is 10.9. The van der Waals surface area contributed by atoms with E-state index in [-0.39, 0.29) is 18.2 Å². The van der Waals surface area contributed by atoms with E-state index < -0.39 is 4.92 Å². The van der Waals surface area contributed by atoms with Gasteiger partial charge in [0.1, 0.15) is 18.6 Å². The number of aromatic nitrogens is 2. The summed E-state index contributed by atoms with van der Waals surface area (Å²) in [6, 6.07) is 8.59. The van der Waals surface area contributed by atoms with Crippen LogP contribution < -0.4 is 10.1 Å². The molecule has 104 valence electrons. The molecule has 0 saturated carbocycles. The van der Waals surface area contributed by atoms with Crippen molar-refractivity contribution in [3.05, 3.63) is 52.3 Å². The first kappa shape index (κ1) is 13.7. The Bertz CT molecular complexity index is 604. The maximum absolute atomic E-state index is 10.8. The molecule has 0 saturated heterocycles. The lowest BCUT2D eigenvalue weighted by atomic mass is 10.3. The first-order chi connectivity index (χ1) is 9.70. The monoisotopic (exact) mass is 274 g/mol. The van der Waals surface area contributed by atoms with Crippen molar-refractivity contribution in [1.29, 1.82) is 0 Å². The van der Waals surface area contributed by atoms with Gasteiger partial charge in [-0.3, -0.25) is 0 Å². The van der Waals surface area contributed by atoms with Crippen LogP contribution in [0.4, 0.5) is 11.6 Å². The fraction of sp³-hybridized carbons (Fsp3) is 0.231. The molecular formula is C13H14N4O3. The van der Waals surface area contributed by atoms with Gasteiger partial charge in [-0.25, -0.2) is 4.98 Å². The summed E-state index contributed by atoms with van der Waals surface area (Å²) in [4.78, 5) is 18.2. The fourth-order valence-corrected chi connectivity index (χ4v) is 1.62. The molecule has 0 atom stereocenters. The van der Waals surface area contributed by atoms with Crippen molar-refractivity contribution in [2.24, 2.45) is 0 Å². The maximum Gasteiger partial charge on any atom is 0.406 e. The van der Waals surface area contributed by atoms with Crippen LogP contribution in [0.5, 0.6) is 5.75 Å². The summed E-state index contributed by atoms with van der Waals surface area (Å²) >= 11 is 0. The highest BCUT2D eigenvalue weighted by atomic mass is 16.6. The molecule has 0 amide bonds. The fourth-order valence-electron chi connectivity index (χ4n) is 1.62. The smallest absolute Gasteiger partial charge is 0.406 e. The molecule has 2 aromatic heterocycles. The van der Waals surface area contributed by atoms with E-state index >= 15 is 0 Å². The number of hydrogen-bond donors (Lipinski definition) is 1. The summed E-state index contributed by atoms with van der Waals surface area (Å²) < 4.78 is 5.42. The Balaban J connectivity index is 2.09. The van der Waals surface area contributed by atoms with Gasteiger partial charge in [-0.15, -0.1) is 0 Å². The normalized spacial score (nSPS) is 10.1. The molecular weight excluding hydrogens is 260 g/mol. The maximum atomic E-state index is 10.8. The lowest BCUT2D eigenvalue weighted by Crippen LogP contribution is -2.04. The van der Waals surface area contributed by atoms with E-state index in [1.54, 1.807) is 12.1 Å². The van der Waals surface area contributed by atoms with Gasteiger partial charge >= 0.3 is 5.82 Å². The van der Waals surface area contributed by atoms with E-state index in [4.69, 9.17) is 4.74 Å². The predicted octanol–water partition coefficient (Wildman–Crippen LogP) is 2.40. The van der Waals surface area contributed by atoms with Crippen molar-refractivity contribution in [2.75, 3.05) is 11.9 Å². The molecule has 0 bridgehead atoms. The van der Waals surface area contributed by atoms with Gasteiger partial charge < -0.3 is 20.2 Å². The summed E-state index contributed by atoms with van der Waals surface area (Å²) in [6.45, 7) is 2.89. The Kier molecular flexibility index (Phi) is 4.43. The Labute approximate surface area is 115 Å². The first-order valence-corrected chi connectivity index (χ1v) is 6.12. The number of ether oxygens (including phenoxy) is 1. The van der Waals surface area contributed by atoms with Gasteiger partial charge in [-0.2, -0.15) is 0 Å². The standard InChI is InChI=1S/C13H14N4O3/c1-2-14-12-7-3-5-10(16-12)9-20-11-6-4-8-15-13(11)17(18)19/h3-8H,2,9H2,1H3,(H,14,16). The summed E-state index contributed by atoms with van der Waals surface area (Å²) in [5, 5.41) is 13.9. The van der Waals surface area contributed by atoms with E-state index in [1.807, 2.05) is 19.1 Å². The van der Waals surface area contributed by atoms with E-state index in [1.165, 1.54) is 12.3 Å². The van der Waals surface area contributed by atoms with Crippen LogP contribution in [0.3, 0.4) is 0 Å². The number of pyridine rings is 2. The van der Waals surface area contributed by atoms with Crippen LogP contribution in [-0.4, -0.2) is 21.4 Å². The Morgan fingerprint density at radius 1 is 1.35 bits per heavy atom. The van der Waals surface area contributed by atoms with E-state index in [2.05, 4.69) is 15.3 Å². The molecule has 20 heavy (non-hydrogen) atoms. The van der Waals surface area contributed by atoms with Crippen LogP contribution in [0.1, 0.15) is 12.6 Å². The van der Waals surface area contributed by atoms with Crippen molar-refractivity contribution in [3.8, 4) is 5.75 Å². The summed E-state index contributed by atoms with van der Waals surface area (Å²) in [7, 11) is 0. The Morgan fingerprint density at radius 3 is 2.95 bits per heavy atom. The van der Waals surface area contributed by atoms with Crippen LogP contribution in [0, 0.1) is 10.1 Å². The second kappa shape index (κ2) is 6.46. The quantitative estimate of drug-likeness (QED) is 0.642. The van der Waals surface area contributed by atoms with Gasteiger partial charge in [0, 0.05) is 6.54 Å². The second-order valence-electron chi connectivity index (χ2n) is 3.92. The molecule has 2 heterocycles. The Morgan fingerprint density at radius 2 is 2.20 bits per heavy atom. The third-order valence-electron chi connectivity index (χ3n) is 2.46. The topological polar surface area (TPSA) is 90.2 Å². The van der Waals surface area contributed by atoms with Gasteiger partial charge in [0.2, 0.25) is 5.75 Å². The van der Waals surface area contributed by atoms with Gasteiger partial charge in [0.05, 0.1) is 5.69 Å². The molecule has 0 unspecified atom stereocenters. The molecule has 0 aliphatic heterocycles. The highest BCUT2D eigenvalue weighted by molar-refractivity contribution is 5.39. The average Bonchev–Trinajstić information content (AvgIpc) is 2.46. The molecule has 0 aromatic carbocycles. The molecule has 0 fully saturated rings. The highest BCUT2D eigenvalue weighted by Gasteiger charge is 2.15. The van der Waals surface area contributed by atoms with Crippen LogP contribution >= 0.6 is 0 Å². The second-order valence-corrected chi connectivity index (χ2v) is 3.92. The minimum atomic E-state index is -0.572. The van der Waals surface area contributed by atoms with E-state index in [9.17, 15) is 10.1 Å². The highest BCUT2D eigenvalue weighted by Crippen LogP contribution is 2.23. The lowest BCUT2D eigenvalue weighted by molar-refractivity contribution is -0.390. The zero-order chi connectivity index (χ0) is 14.4. The molecule has 1 N–H and O–H groups in total. The molecule has 0 aliphatic rings. The molecule has 7 nitrogen and oxygen atoms in total. The van der Waals surface area contributed by atoms with E-state index in [0.717, 1.165) is 12.4 Å². The van der Waals surface area contributed by atoms with E-state index in [0.29, 0.717) is 5.69 Å². The van der Waals surface area contributed by atoms with Gasteiger partial charge in [-0.1, -0.05) is 6.07 Å². The molecule has 2 aromatic rings. The SMILES string of the molecule is CCNc1cccc(COc2cccnc2[N+](=O)[O-])n1. The molecule has 0 spiro atoms. The Hall–Kier alpha value is -2.70. The first-order valence-electron chi connectivity index (χ1n) is 6.12. The van der Waals surface area contributed by atoms with Gasteiger partial charge in [-0.05, 0) is 41.1 Å². The molecule has 7 heteroatoms. The zero-order valence-electron chi connectivity index (χ0n) is 10.9. The van der Waals surface area contributed by atoms with Crippen molar-refractivity contribution in [2.45, 2.75) is 13.5 Å². The number of anilines is 1. The number of rotatable bonds is 6. The van der Waals surface area contributed by atoms with Crippen molar-refractivity contribution in [3.63, 3.8) is 0 Å². The summed E-state index contributed by atoms with van der Waals surface area (Å²) in [6.07, 6.45) is 1.36. The third-order valence-corrected chi connectivity index (χ3v) is 2.46. The minimum absolute atomic E-state index is 0.133. The lowest BCUT2D eigenvalue weighted by Gasteiger charge is -2.07. The summed E-state index contributed by atoms with van der Waals surface area (Å²) in [5.41, 5.74) is 0.682. The third kappa shape index (κ3) is 3.41. The minimum Gasteiger partial charge on any atom is -0.479 e.